The molecule has 1 unspecified atom stereocenters. The Labute approximate surface area is 126 Å². The molecule has 3 rings (SSSR count). The van der Waals surface area contributed by atoms with Crippen LogP contribution in [0.2, 0.25) is 0 Å². The lowest BCUT2D eigenvalue weighted by Crippen LogP contribution is -2.49. The quantitative estimate of drug-likeness (QED) is 0.931. The summed E-state index contributed by atoms with van der Waals surface area (Å²) in [7, 11) is 0. The molecule has 20 heavy (non-hydrogen) atoms. The molecule has 1 fully saturated rings. The fraction of sp³-hybridized carbons (Fsp3) is 0.429. The first-order valence-corrected chi connectivity index (χ1v) is 7.55. The number of hydrogen-bond donors (Lipinski definition) is 1. The molecule has 106 valence electrons. The van der Waals surface area contributed by atoms with Crippen LogP contribution in [0.1, 0.15) is 12.8 Å². The summed E-state index contributed by atoms with van der Waals surface area (Å²) >= 11 is 3.50. The van der Waals surface area contributed by atoms with Gasteiger partial charge < -0.3 is 9.73 Å². The lowest BCUT2D eigenvalue weighted by atomic mass is 10.2. The third-order valence-corrected chi connectivity index (χ3v) is 4.24. The van der Waals surface area contributed by atoms with Gasteiger partial charge in [-0.25, -0.2) is 0 Å². The van der Waals surface area contributed by atoms with Crippen molar-refractivity contribution in [2.45, 2.75) is 19.5 Å². The third kappa shape index (κ3) is 2.92. The second kappa shape index (κ2) is 6.03. The number of nitrogens with zero attached hydrogens (tertiary/aromatic N) is 3. The van der Waals surface area contributed by atoms with Gasteiger partial charge in [-0.05, 0) is 35.0 Å². The van der Waals surface area contributed by atoms with Gasteiger partial charge in [-0.15, -0.1) is 10.2 Å². The molecule has 1 aliphatic rings. The topological polar surface area (TPSA) is 54.2 Å². The maximum atomic E-state index is 5.79. The summed E-state index contributed by atoms with van der Waals surface area (Å²) in [6.45, 7) is 5.94. The van der Waals surface area contributed by atoms with E-state index in [1.165, 1.54) is 0 Å². The Hall–Kier alpha value is -1.24. The zero-order valence-electron chi connectivity index (χ0n) is 11.3. The molecular formula is C14H17BrN4O. The molecule has 2 heterocycles. The molecule has 5 nitrogen and oxygen atoms in total. The van der Waals surface area contributed by atoms with Crippen molar-refractivity contribution < 1.29 is 4.42 Å². The minimum Gasteiger partial charge on any atom is -0.419 e. The molecule has 0 saturated carbocycles. The summed E-state index contributed by atoms with van der Waals surface area (Å²) in [5, 5.41) is 11.7. The molecule has 1 aromatic carbocycles. The van der Waals surface area contributed by atoms with Gasteiger partial charge >= 0.3 is 0 Å². The predicted octanol–water partition coefficient (Wildman–Crippen LogP) is 2.29. The number of rotatable bonds is 3. The molecule has 1 aromatic heterocycles. The molecule has 0 bridgehead atoms. The number of nitrogens with one attached hydrogen (secondary N) is 1. The minimum atomic E-state index is 0.488. The van der Waals surface area contributed by atoms with Crippen LogP contribution in [-0.2, 0) is 6.54 Å². The van der Waals surface area contributed by atoms with Crippen LogP contribution in [0.5, 0.6) is 0 Å². The summed E-state index contributed by atoms with van der Waals surface area (Å²) in [5.41, 5.74) is 0.930. The molecule has 0 aliphatic carbocycles. The molecule has 0 spiro atoms. The number of aromatic nitrogens is 2. The summed E-state index contributed by atoms with van der Waals surface area (Å²) in [4.78, 5) is 2.35. The molecular weight excluding hydrogens is 320 g/mol. The van der Waals surface area contributed by atoms with Gasteiger partial charge in [-0.3, -0.25) is 4.90 Å². The first-order chi connectivity index (χ1) is 9.74. The average Bonchev–Trinajstić information content (AvgIpc) is 2.90. The van der Waals surface area contributed by atoms with E-state index in [1.54, 1.807) is 0 Å². The number of benzene rings is 1. The first kappa shape index (κ1) is 13.7. The maximum Gasteiger partial charge on any atom is 0.248 e. The third-order valence-electron chi connectivity index (χ3n) is 3.55. The van der Waals surface area contributed by atoms with Gasteiger partial charge in [0, 0.05) is 30.1 Å². The second-order valence-corrected chi connectivity index (χ2v) is 5.86. The lowest BCUT2D eigenvalue weighted by Gasteiger charge is -2.32. The highest BCUT2D eigenvalue weighted by atomic mass is 79.9. The minimum absolute atomic E-state index is 0.488. The van der Waals surface area contributed by atoms with E-state index in [4.69, 9.17) is 4.42 Å². The Morgan fingerprint density at radius 1 is 1.40 bits per heavy atom. The van der Waals surface area contributed by atoms with Crippen LogP contribution < -0.4 is 5.32 Å². The van der Waals surface area contributed by atoms with E-state index < -0.39 is 0 Å². The van der Waals surface area contributed by atoms with Crippen molar-refractivity contribution in [3.8, 4) is 11.5 Å². The summed E-state index contributed by atoms with van der Waals surface area (Å²) in [5.74, 6) is 1.24. The van der Waals surface area contributed by atoms with Gasteiger partial charge in [0.1, 0.15) is 0 Å². The number of piperazine rings is 1. The van der Waals surface area contributed by atoms with E-state index in [0.29, 0.717) is 24.4 Å². The van der Waals surface area contributed by atoms with Crippen LogP contribution in [-0.4, -0.2) is 40.8 Å². The Balaban J connectivity index is 1.75. The molecule has 1 N–H and O–H groups in total. The molecule has 1 aliphatic heterocycles. The fourth-order valence-corrected chi connectivity index (χ4v) is 2.81. The zero-order valence-corrected chi connectivity index (χ0v) is 12.9. The molecule has 1 saturated heterocycles. The highest BCUT2D eigenvalue weighted by molar-refractivity contribution is 9.10. The van der Waals surface area contributed by atoms with Gasteiger partial charge in [0.05, 0.1) is 12.1 Å². The fourth-order valence-electron chi connectivity index (χ4n) is 2.35. The SMILES string of the molecule is CC1CNCCN1Cc1nnc(-c2ccccc2Br)o1. The van der Waals surface area contributed by atoms with Crippen molar-refractivity contribution in [3.05, 3.63) is 34.6 Å². The van der Waals surface area contributed by atoms with Crippen LogP contribution in [0.4, 0.5) is 0 Å². The smallest absolute Gasteiger partial charge is 0.248 e. The predicted molar refractivity (Wildman–Crippen MR) is 80.2 cm³/mol. The van der Waals surface area contributed by atoms with Gasteiger partial charge in [-0.2, -0.15) is 0 Å². The van der Waals surface area contributed by atoms with E-state index in [-0.39, 0.29) is 0 Å². The normalized spacial score (nSPS) is 20.2. The van der Waals surface area contributed by atoms with E-state index in [2.05, 4.69) is 43.3 Å². The maximum absolute atomic E-state index is 5.79. The van der Waals surface area contributed by atoms with E-state index in [1.807, 2.05) is 24.3 Å². The van der Waals surface area contributed by atoms with Crippen LogP contribution in [0.3, 0.4) is 0 Å². The largest absolute Gasteiger partial charge is 0.419 e. The molecule has 0 radical (unpaired) electrons. The van der Waals surface area contributed by atoms with Gasteiger partial charge in [0.2, 0.25) is 11.8 Å². The molecule has 0 amide bonds. The Bertz CT molecular complexity index is 586. The Morgan fingerprint density at radius 3 is 3.05 bits per heavy atom. The molecule has 2 aromatic rings. The van der Waals surface area contributed by atoms with Gasteiger partial charge in [0.25, 0.3) is 0 Å². The highest BCUT2D eigenvalue weighted by Crippen LogP contribution is 2.26. The molecule has 6 heteroatoms. The standard InChI is InChI=1S/C14H17BrN4O/c1-10-8-16-6-7-19(10)9-13-17-18-14(20-13)11-4-2-3-5-12(11)15/h2-5,10,16H,6-9H2,1H3. The van der Waals surface area contributed by atoms with Crippen molar-refractivity contribution in [1.29, 1.82) is 0 Å². The number of halogens is 1. The summed E-state index contributed by atoms with van der Waals surface area (Å²) in [6.07, 6.45) is 0. The monoisotopic (exact) mass is 336 g/mol. The zero-order chi connectivity index (χ0) is 13.9. The lowest BCUT2D eigenvalue weighted by molar-refractivity contribution is 0.151. The van der Waals surface area contributed by atoms with Crippen molar-refractivity contribution in [2.75, 3.05) is 19.6 Å². The molecule has 1 atom stereocenters. The van der Waals surface area contributed by atoms with Crippen LogP contribution in [0.15, 0.2) is 33.2 Å². The highest BCUT2D eigenvalue weighted by Gasteiger charge is 2.20. The van der Waals surface area contributed by atoms with Crippen LogP contribution in [0.25, 0.3) is 11.5 Å². The van der Waals surface area contributed by atoms with Crippen LogP contribution in [0, 0.1) is 0 Å². The Kier molecular flexibility index (Phi) is 4.14. The summed E-state index contributed by atoms with van der Waals surface area (Å²) < 4.78 is 6.75. The van der Waals surface area contributed by atoms with E-state index in [0.717, 1.165) is 29.7 Å². The number of hydrogen-bond acceptors (Lipinski definition) is 5. The van der Waals surface area contributed by atoms with E-state index in [9.17, 15) is 0 Å². The second-order valence-electron chi connectivity index (χ2n) is 5.00. The van der Waals surface area contributed by atoms with Crippen molar-refractivity contribution in [2.24, 2.45) is 0 Å². The van der Waals surface area contributed by atoms with Crippen molar-refractivity contribution in [3.63, 3.8) is 0 Å². The van der Waals surface area contributed by atoms with Gasteiger partial charge in [-0.1, -0.05) is 12.1 Å². The summed E-state index contributed by atoms with van der Waals surface area (Å²) in [6, 6.07) is 8.35. The van der Waals surface area contributed by atoms with Gasteiger partial charge in [0.15, 0.2) is 0 Å². The van der Waals surface area contributed by atoms with Crippen molar-refractivity contribution in [1.82, 2.24) is 20.4 Å². The average molecular weight is 337 g/mol. The first-order valence-electron chi connectivity index (χ1n) is 6.76. The van der Waals surface area contributed by atoms with Crippen LogP contribution >= 0.6 is 15.9 Å². The Morgan fingerprint density at radius 2 is 2.25 bits per heavy atom. The van der Waals surface area contributed by atoms with Crippen molar-refractivity contribution >= 4 is 15.9 Å². The van der Waals surface area contributed by atoms with E-state index >= 15 is 0 Å².